The summed E-state index contributed by atoms with van der Waals surface area (Å²) >= 11 is 1.54. The molecule has 0 saturated heterocycles. The quantitative estimate of drug-likeness (QED) is 0.406. The summed E-state index contributed by atoms with van der Waals surface area (Å²) in [5.74, 6) is 0.395. The predicted molar refractivity (Wildman–Crippen MR) is 129 cm³/mol. The molecule has 0 saturated carbocycles. The van der Waals surface area contributed by atoms with Crippen molar-refractivity contribution < 1.29 is 9.53 Å². The summed E-state index contributed by atoms with van der Waals surface area (Å²) in [4.78, 5) is 22.8. The van der Waals surface area contributed by atoms with Crippen LogP contribution < -0.4 is 4.90 Å². The highest BCUT2D eigenvalue weighted by Crippen LogP contribution is 2.39. The van der Waals surface area contributed by atoms with Crippen molar-refractivity contribution in [2.24, 2.45) is 4.99 Å². The molecule has 0 aliphatic carbocycles. The van der Waals surface area contributed by atoms with Gasteiger partial charge < -0.3 is 9.53 Å². The number of aryl methyl sites for hydroxylation is 1. The molecule has 1 aliphatic rings. The second-order valence-corrected chi connectivity index (χ2v) is 9.43. The molecule has 0 spiro atoms. The summed E-state index contributed by atoms with van der Waals surface area (Å²) in [5.41, 5.74) is 3.61. The minimum absolute atomic E-state index is 0.0417. The zero-order chi connectivity index (χ0) is 23.3. The van der Waals surface area contributed by atoms with E-state index in [0.29, 0.717) is 0 Å². The average molecular weight is 442 g/mol. The normalized spacial score (nSPS) is 16.0. The molecule has 7 nitrogen and oxygen atoms in total. The molecule has 2 aromatic rings. The van der Waals surface area contributed by atoms with E-state index in [1.54, 1.807) is 42.7 Å². The summed E-state index contributed by atoms with van der Waals surface area (Å²) in [7, 11) is 1.71. The molecule has 3 rings (SSSR count). The fourth-order valence-electron chi connectivity index (χ4n) is 2.90. The average Bonchev–Trinajstić information content (AvgIpc) is 2.92. The summed E-state index contributed by atoms with van der Waals surface area (Å²) in [5, 5.41) is 17.5. The van der Waals surface area contributed by atoms with Gasteiger partial charge in [0.05, 0.1) is 11.3 Å². The van der Waals surface area contributed by atoms with Gasteiger partial charge in [-0.05, 0) is 59.2 Å². The fourth-order valence-corrected chi connectivity index (χ4v) is 4.12. The van der Waals surface area contributed by atoms with Crippen LogP contribution in [0, 0.1) is 24.7 Å². The Morgan fingerprint density at radius 1 is 1.35 bits per heavy atom. The topological polar surface area (TPSA) is 102 Å². The Morgan fingerprint density at radius 2 is 2.00 bits per heavy atom. The number of thiophene rings is 1. The highest BCUT2D eigenvalue weighted by atomic mass is 32.1. The fraction of sp³-hybridized carbons (Fsp3) is 0.435. The monoisotopic (exact) mass is 441 g/mol. The van der Waals surface area contributed by atoms with Crippen LogP contribution in [-0.2, 0) is 9.53 Å². The second-order valence-electron chi connectivity index (χ2n) is 8.22. The van der Waals surface area contributed by atoms with E-state index < -0.39 is 6.04 Å². The first kappa shape index (κ1) is 24.6. The second kappa shape index (κ2) is 10.1. The maximum Gasteiger partial charge on any atom is 0.132 e. The van der Waals surface area contributed by atoms with Gasteiger partial charge in [0, 0.05) is 41.9 Å². The molecule has 1 unspecified atom stereocenters. The van der Waals surface area contributed by atoms with Crippen molar-refractivity contribution >= 4 is 40.0 Å². The van der Waals surface area contributed by atoms with E-state index in [9.17, 15) is 4.79 Å². The number of nitrogens with zero attached hydrogens (tertiary/aromatic N) is 3. The Morgan fingerprint density at radius 3 is 2.48 bits per heavy atom. The van der Waals surface area contributed by atoms with Crippen LogP contribution in [0.1, 0.15) is 55.7 Å². The Hall–Kier alpha value is -2.71. The zero-order valence-electron chi connectivity index (χ0n) is 19.2. The smallest absolute Gasteiger partial charge is 0.132 e. The first-order valence-electron chi connectivity index (χ1n) is 10.0. The Balaban J connectivity index is 0.000000501. The molecule has 3 heterocycles. The third kappa shape index (κ3) is 5.71. The molecule has 8 heteroatoms. The number of ether oxygens (including phenoxy) is 1. The molecule has 1 aliphatic heterocycles. The van der Waals surface area contributed by atoms with E-state index in [-0.39, 0.29) is 23.7 Å². The van der Waals surface area contributed by atoms with Crippen molar-refractivity contribution in [1.82, 2.24) is 4.98 Å². The molecule has 1 atom stereocenters. The number of pyridine rings is 1. The number of carbonyl (C=O) groups is 1. The number of aromatic nitrogens is 1. The molecular formula is C23H31N5O2S. The molecule has 31 heavy (non-hydrogen) atoms. The number of nitrogens with one attached hydrogen (secondary N) is 2. The first-order valence-corrected chi connectivity index (χ1v) is 10.8. The Labute approximate surface area is 188 Å². The Bertz CT molecular complexity index is 989. The first-order chi connectivity index (χ1) is 14.5. The summed E-state index contributed by atoms with van der Waals surface area (Å²) in [6.07, 6.45) is 4.33. The lowest BCUT2D eigenvalue weighted by molar-refractivity contribution is -0.107. The van der Waals surface area contributed by atoms with E-state index in [1.807, 2.05) is 46.8 Å². The van der Waals surface area contributed by atoms with Gasteiger partial charge in [-0.1, -0.05) is 0 Å². The standard InChI is InChI=1S/C18H19N5OS.C5H12O/c1-10-11(2)25-18-15(10)16(13-5-4-7-21-9-13)22-14(6-8-24)17(20)23(18)12(3)19;1-5(2,3)6-4/h4-5,7-9,14,19-20H,6H2,1-3H3;1-4H3. The van der Waals surface area contributed by atoms with E-state index >= 15 is 0 Å². The Kier molecular flexibility index (Phi) is 7.97. The molecule has 0 radical (unpaired) electrons. The number of fused-ring (bicyclic) bond motifs is 1. The summed E-state index contributed by atoms with van der Waals surface area (Å²) in [6, 6.07) is 3.15. The zero-order valence-corrected chi connectivity index (χ0v) is 20.1. The van der Waals surface area contributed by atoms with E-state index in [4.69, 9.17) is 20.5 Å². The van der Waals surface area contributed by atoms with Crippen molar-refractivity contribution in [1.29, 1.82) is 10.8 Å². The maximum absolute atomic E-state index is 11.1. The highest BCUT2D eigenvalue weighted by molar-refractivity contribution is 7.17. The molecular weight excluding hydrogens is 410 g/mol. The van der Waals surface area contributed by atoms with E-state index in [0.717, 1.165) is 38.6 Å². The number of anilines is 1. The van der Waals surface area contributed by atoms with Gasteiger partial charge in [0.1, 0.15) is 29.0 Å². The number of methoxy groups -OCH3 is 1. The van der Waals surface area contributed by atoms with Gasteiger partial charge in [0.25, 0.3) is 0 Å². The summed E-state index contributed by atoms with van der Waals surface area (Å²) < 4.78 is 4.94. The number of aldehydes is 1. The van der Waals surface area contributed by atoms with Crippen molar-refractivity contribution in [3.63, 3.8) is 0 Å². The molecule has 0 bridgehead atoms. The van der Waals surface area contributed by atoms with E-state index in [1.165, 1.54) is 0 Å². The van der Waals surface area contributed by atoms with Gasteiger partial charge in [0.15, 0.2) is 0 Å². The number of hydrogen-bond acceptors (Lipinski definition) is 7. The van der Waals surface area contributed by atoms with Crippen molar-refractivity contribution in [3.8, 4) is 0 Å². The van der Waals surface area contributed by atoms with Gasteiger partial charge in [-0.25, -0.2) is 0 Å². The minimum atomic E-state index is -0.618. The van der Waals surface area contributed by atoms with Crippen LogP contribution in [0.25, 0.3) is 0 Å². The van der Waals surface area contributed by atoms with Crippen LogP contribution in [0.5, 0.6) is 0 Å². The largest absolute Gasteiger partial charge is 0.379 e. The van der Waals surface area contributed by atoms with Crippen LogP contribution in [-0.4, -0.2) is 47.4 Å². The number of hydrogen-bond donors (Lipinski definition) is 2. The van der Waals surface area contributed by atoms with Crippen molar-refractivity contribution in [2.45, 2.75) is 59.6 Å². The SMILES string of the molecule is CC(=N)N1C(=N)C(CC=O)N=C(c2cccnc2)c2c1sc(C)c2C.COC(C)(C)C. The third-order valence-electron chi connectivity index (χ3n) is 4.85. The number of carbonyl (C=O) groups excluding carboxylic acids is 1. The molecule has 0 amide bonds. The maximum atomic E-state index is 11.1. The van der Waals surface area contributed by atoms with Crippen molar-refractivity contribution in [3.05, 3.63) is 46.1 Å². The molecule has 2 aromatic heterocycles. The molecule has 0 fully saturated rings. The number of amidine groups is 2. The van der Waals surface area contributed by atoms with Crippen LogP contribution in [0.3, 0.4) is 0 Å². The van der Waals surface area contributed by atoms with E-state index in [2.05, 4.69) is 4.98 Å². The number of rotatable bonds is 3. The molecule has 2 N–H and O–H groups in total. The van der Waals surface area contributed by atoms with Crippen LogP contribution in [0.4, 0.5) is 5.00 Å². The minimum Gasteiger partial charge on any atom is -0.379 e. The van der Waals surface area contributed by atoms with Gasteiger partial charge in [0.2, 0.25) is 0 Å². The molecule has 166 valence electrons. The van der Waals surface area contributed by atoms with Crippen LogP contribution >= 0.6 is 11.3 Å². The highest BCUT2D eigenvalue weighted by Gasteiger charge is 2.33. The predicted octanol–water partition coefficient (Wildman–Crippen LogP) is 4.78. The molecule has 0 aromatic carbocycles. The number of aliphatic imine (C=N–C) groups is 1. The van der Waals surface area contributed by atoms with Gasteiger partial charge in [-0.2, -0.15) is 0 Å². The van der Waals surface area contributed by atoms with Gasteiger partial charge in [-0.15, -0.1) is 11.3 Å². The van der Waals surface area contributed by atoms with Gasteiger partial charge in [-0.3, -0.25) is 25.7 Å². The summed E-state index contributed by atoms with van der Waals surface area (Å²) in [6.45, 7) is 11.8. The lowest BCUT2D eigenvalue weighted by Gasteiger charge is -2.24. The van der Waals surface area contributed by atoms with Crippen LogP contribution in [0.2, 0.25) is 0 Å². The van der Waals surface area contributed by atoms with Crippen LogP contribution in [0.15, 0.2) is 29.5 Å². The van der Waals surface area contributed by atoms with Gasteiger partial charge >= 0.3 is 0 Å². The third-order valence-corrected chi connectivity index (χ3v) is 6.04. The lowest BCUT2D eigenvalue weighted by atomic mass is 10.0. The lowest BCUT2D eigenvalue weighted by Crippen LogP contribution is -2.40. The van der Waals surface area contributed by atoms with Crippen molar-refractivity contribution in [2.75, 3.05) is 12.0 Å².